The van der Waals surface area contributed by atoms with E-state index in [1.165, 1.54) is 0 Å². The van der Waals surface area contributed by atoms with Gasteiger partial charge in [-0.15, -0.1) is 0 Å². The summed E-state index contributed by atoms with van der Waals surface area (Å²) in [6.45, 7) is 2.63. The highest BCUT2D eigenvalue weighted by Crippen LogP contribution is 2.14. The molecule has 1 aliphatic heterocycles. The molecule has 3 N–H and O–H groups in total. The summed E-state index contributed by atoms with van der Waals surface area (Å²) in [5.41, 5.74) is 8.85. The van der Waals surface area contributed by atoms with Gasteiger partial charge in [-0.25, -0.2) is 0 Å². The average molecular weight is 302 g/mol. The van der Waals surface area contributed by atoms with Gasteiger partial charge in [0.1, 0.15) is 6.61 Å². The molecule has 0 aliphatic carbocycles. The Morgan fingerprint density at radius 1 is 1.27 bits per heavy atom. The zero-order valence-corrected chi connectivity index (χ0v) is 12.3. The second-order valence-electron chi connectivity index (χ2n) is 4.99. The summed E-state index contributed by atoms with van der Waals surface area (Å²) < 4.78 is 5.14. The van der Waals surface area contributed by atoms with Crippen molar-refractivity contribution in [2.24, 2.45) is 5.73 Å². The summed E-state index contributed by atoms with van der Waals surface area (Å²) in [5.74, 6) is -1.59. The number of nitrogens with one attached hydrogen (secondary N) is 1. The summed E-state index contributed by atoms with van der Waals surface area (Å²) in [4.78, 5) is 34.0. The maximum Gasteiger partial charge on any atom is 0.310 e. The molecule has 2 rings (SSSR count). The van der Waals surface area contributed by atoms with Crippen molar-refractivity contribution in [3.05, 3.63) is 46.5 Å². The van der Waals surface area contributed by atoms with Gasteiger partial charge in [-0.2, -0.15) is 0 Å². The van der Waals surface area contributed by atoms with Crippen molar-refractivity contribution in [2.75, 3.05) is 0 Å². The highest BCUT2D eigenvalue weighted by Gasteiger charge is 2.23. The molecule has 0 saturated carbocycles. The van der Waals surface area contributed by atoms with Crippen molar-refractivity contribution in [3.63, 3.8) is 0 Å². The summed E-state index contributed by atoms with van der Waals surface area (Å²) >= 11 is 0. The predicted molar refractivity (Wildman–Crippen MR) is 79.4 cm³/mol. The first-order valence-electron chi connectivity index (χ1n) is 7.05. The highest BCUT2D eigenvalue weighted by atomic mass is 16.5. The lowest BCUT2D eigenvalue weighted by atomic mass is 10.0. The number of benzene rings is 1. The van der Waals surface area contributed by atoms with Crippen molar-refractivity contribution in [2.45, 2.75) is 32.9 Å². The largest absolute Gasteiger partial charge is 0.461 e. The number of hydrogen-bond donors (Lipinski definition) is 2. The summed E-state index contributed by atoms with van der Waals surface area (Å²) in [6.07, 6.45) is 1.76. The van der Waals surface area contributed by atoms with E-state index in [4.69, 9.17) is 10.5 Å². The summed E-state index contributed by atoms with van der Waals surface area (Å²) in [6, 6.07) is 5.74. The van der Waals surface area contributed by atoms with Crippen LogP contribution < -0.4 is 11.1 Å². The van der Waals surface area contributed by atoms with Crippen molar-refractivity contribution >= 4 is 17.8 Å². The van der Waals surface area contributed by atoms with E-state index in [9.17, 15) is 14.4 Å². The van der Waals surface area contributed by atoms with Crippen LogP contribution in [0.25, 0.3) is 0 Å². The number of hydrogen-bond acceptors (Lipinski definition) is 5. The van der Waals surface area contributed by atoms with Crippen LogP contribution in [0.5, 0.6) is 0 Å². The molecular weight excluding hydrogens is 284 g/mol. The van der Waals surface area contributed by atoms with Gasteiger partial charge in [0.05, 0.1) is 6.42 Å². The van der Waals surface area contributed by atoms with Gasteiger partial charge in [0.25, 0.3) is 11.8 Å². The number of imide groups is 1. The third-order valence-corrected chi connectivity index (χ3v) is 3.44. The van der Waals surface area contributed by atoms with E-state index in [2.05, 4.69) is 5.32 Å². The van der Waals surface area contributed by atoms with Gasteiger partial charge in [0.2, 0.25) is 0 Å². The Balaban J connectivity index is 1.93. The Morgan fingerprint density at radius 3 is 2.64 bits per heavy atom. The molecule has 0 aromatic heterocycles. The van der Waals surface area contributed by atoms with Gasteiger partial charge < -0.3 is 10.5 Å². The molecule has 2 amide bonds. The fraction of sp³-hybridized carbons (Fsp3) is 0.312. The molecule has 6 nitrogen and oxygen atoms in total. The minimum atomic E-state index is -0.544. The van der Waals surface area contributed by atoms with Crippen molar-refractivity contribution in [1.82, 2.24) is 5.32 Å². The Kier molecular flexibility index (Phi) is 5.06. The lowest BCUT2D eigenvalue weighted by molar-refractivity contribution is -0.144. The Hall–Kier alpha value is -2.47. The van der Waals surface area contributed by atoms with Crippen LogP contribution >= 0.6 is 0 Å². The van der Waals surface area contributed by atoms with Crippen LogP contribution in [-0.4, -0.2) is 17.8 Å². The van der Waals surface area contributed by atoms with E-state index in [-0.39, 0.29) is 18.6 Å². The van der Waals surface area contributed by atoms with E-state index >= 15 is 0 Å². The molecule has 116 valence electrons. The molecule has 0 unspecified atom stereocenters. The smallest absolute Gasteiger partial charge is 0.310 e. The molecule has 0 radical (unpaired) electrons. The second-order valence-corrected chi connectivity index (χ2v) is 4.99. The molecule has 0 atom stereocenters. The molecule has 22 heavy (non-hydrogen) atoms. The van der Waals surface area contributed by atoms with Crippen LogP contribution in [0.3, 0.4) is 0 Å². The van der Waals surface area contributed by atoms with Crippen LogP contribution in [0.4, 0.5) is 0 Å². The number of rotatable bonds is 6. The van der Waals surface area contributed by atoms with E-state index in [0.717, 1.165) is 29.2 Å². The predicted octanol–water partition coefficient (Wildman–Crippen LogP) is 0.724. The molecular formula is C16H18N2O4. The first kappa shape index (κ1) is 15.9. The fourth-order valence-electron chi connectivity index (χ4n) is 2.25. The summed E-state index contributed by atoms with van der Waals surface area (Å²) in [7, 11) is 0. The van der Waals surface area contributed by atoms with E-state index in [1.807, 2.05) is 25.1 Å². The third-order valence-electron chi connectivity index (χ3n) is 3.44. The van der Waals surface area contributed by atoms with Gasteiger partial charge in [-0.05, 0) is 23.1 Å². The van der Waals surface area contributed by atoms with Gasteiger partial charge in [-0.1, -0.05) is 25.1 Å². The SMILES string of the molecule is CCc1cc(COC(=O)CC2=CC(=O)NC2=O)ccc1CN. The fourth-order valence-corrected chi connectivity index (χ4v) is 2.25. The standard InChI is InChI=1S/C16H18N2O4/c1-2-11-5-10(3-4-12(11)8-17)9-22-15(20)7-13-6-14(19)18-16(13)21/h3-6H,2,7-9,17H2,1H3,(H,18,19,21). The average Bonchev–Trinajstić information content (AvgIpc) is 2.82. The van der Waals surface area contributed by atoms with Crippen LogP contribution in [0, 0.1) is 0 Å². The number of esters is 1. The van der Waals surface area contributed by atoms with Gasteiger partial charge in [0.15, 0.2) is 0 Å². The first-order chi connectivity index (χ1) is 10.5. The maximum atomic E-state index is 11.7. The molecule has 0 fully saturated rings. The number of aryl methyl sites for hydroxylation is 1. The topological polar surface area (TPSA) is 98.5 Å². The van der Waals surface area contributed by atoms with Gasteiger partial charge in [-0.3, -0.25) is 19.7 Å². The number of carbonyl (C=O) groups excluding carboxylic acids is 3. The Morgan fingerprint density at radius 2 is 2.05 bits per heavy atom. The molecule has 1 aromatic carbocycles. The number of carbonyl (C=O) groups is 3. The number of nitrogens with two attached hydrogens (primary N) is 1. The van der Waals surface area contributed by atoms with Gasteiger partial charge >= 0.3 is 5.97 Å². The van der Waals surface area contributed by atoms with Crippen LogP contribution in [-0.2, 0) is 38.7 Å². The Bertz CT molecular complexity index is 650. The number of ether oxygens (including phenoxy) is 1. The van der Waals surface area contributed by atoms with Crippen LogP contribution in [0.1, 0.15) is 30.0 Å². The van der Waals surface area contributed by atoms with E-state index in [0.29, 0.717) is 6.54 Å². The number of amides is 2. The Labute approximate surface area is 128 Å². The lowest BCUT2D eigenvalue weighted by Gasteiger charge is -2.09. The second kappa shape index (κ2) is 7.00. The van der Waals surface area contributed by atoms with Crippen molar-refractivity contribution in [1.29, 1.82) is 0 Å². The lowest BCUT2D eigenvalue weighted by Crippen LogP contribution is -2.23. The molecule has 0 bridgehead atoms. The van der Waals surface area contributed by atoms with Crippen molar-refractivity contribution < 1.29 is 19.1 Å². The zero-order chi connectivity index (χ0) is 16.1. The third kappa shape index (κ3) is 3.79. The van der Waals surface area contributed by atoms with Crippen LogP contribution in [0.2, 0.25) is 0 Å². The summed E-state index contributed by atoms with van der Waals surface area (Å²) in [5, 5.41) is 2.08. The highest BCUT2D eigenvalue weighted by molar-refractivity contribution is 6.17. The molecule has 1 aromatic rings. The zero-order valence-electron chi connectivity index (χ0n) is 12.3. The van der Waals surface area contributed by atoms with E-state index < -0.39 is 17.8 Å². The quantitative estimate of drug-likeness (QED) is 0.596. The maximum absolute atomic E-state index is 11.7. The monoisotopic (exact) mass is 302 g/mol. The molecule has 0 saturated heterocycles. The van der Waals surface area contributed by atoms with E-state index in [1.54, 1.807) is 0 Å². The van der Waals surface area contributed by atoms with Gasteiger partial charge in [0, 0.05) is 18.2 Å². The molecule has 6 heteroatoms. The molecule has 1 heterocycles. The molecule has 1 aliphatic rings. The minimum Gasteiger partial charge on any atom is -0.461 e. The van der Waals surface area contributed by atoms with Crippen LogP contribution in [0.15, 0.2) is 29.8 Å². The minimum absolute atomic E-state index is 0.125. The normalized spacial score (nSPS) is 13.8. The first-order valence-corrected chi connectivity index (χ1v) is 7.05. The molecule has 0 spiro atoms. The van der Waals surface area contributed by atoms with Crippen molar-refractivity contribution in [3.8, 4) is 0 Å².